The van der Waals surface area contributed by atoms with Crippen molar-refractivity contribution in [2.45, 2.75) is 6.42 Å². The van der Waals surface area contributed by atoms with Gasteiger partial charge in [-0.1, -0.05) is 0 Å². The van der Waals surface area contributed by atoms with Gasteiger partial charge in [0.1, 0.15) is 5.69 Å². The Morgan fingerprint density at radius 1 is 1.35 bits per heavy atom. The molecule has 0 saturated heterocycles. The number of nitrogens with zero attached hydrogens (tertiary/aromatic N) is 2. The van der Waals surface area contributed by atoms with Crippen LogP contribution < -0.4 is 10.6 Å². The molecule has 0 radical (unpaired) electrons. The lowest BCUT2D eigenvalue weighted by molar-refractivity contribution is 0.0594. The summed E-state index contributed by atoms with van der Waals surface area (Å²) in [5.74, 6) is -0.427. The van der Waals surface area contributed by atoms with E-state index in [1.807, 2.05) is 24.3 Å². The van der Waals surface area contributed by atoms with Crippen molar-refractivity contribution in [1.29, 1.82) is 0 Å². The highest BCUT2D eigenvalue weighted by atomic mass is 16.5. The molecule has 5 nitrogen and oxygen atoms in total. The van der Waals surface area contributed by atoms with E-state index in [-0.39, 0.29) is 0 Å². The van der Waals surface area contributed by atoms with Crippen molar-refractivity contribution in [2.75, 3.05) is 24.3 Å². The van der Waals surface area contributed by atoms with Gasteiger partial charge in [0.15, 0.2) is 0 Å². The molecule has 3 rings (SSSR count). The van der Waals surface area contributed by atoms with Gasteiger partial charge in [0.25, 0.3) is 0 Å². The normalized spacial score (nSPS) is 13.2. The second-order valence-corrected chi connectivity index (χ2v) is 4.68. The largest absolute Gasteiger partial charge is 0.464 e. The van der Waals surface area contributed by atoms with E-state index in [1.54, 1.807) is 12.3 Å². The van der Waals surface area contributed by atoms with Crippen LogP contribution in [0.5, 0.6) is 0 Å². The van der Waals surface area contributed by atoms with Crippen LogP contribution in [-0.2, 0) is 11.2 Å². The van der Waals surface area contributed by atoms with Crippen LogP contribution in [0.25, 0.3) is 0 Å². The number of carbonyl (C=O) groups excluding carboxylic acids is 1. The van der Waals surface area contributed by atoms with Crippen molar-refractivity contribution in [3.8, 4) is 0 Å². The molecule has 2 aromatic rings. The average Bonchev–Trinajstić information content (AvgIpc) is 2.89. The molecule has 1 aromatic heterocycles. The molecular formula is C15H15N3O2. The molecule has 0 unspecified atom stereocenters. The van der Waals surface area contributed by atoms with Gasteiger partial charge in [-0.15, -0.1) is 0 Å². The van der Waals surface area contributed by atoms with E-state index in [1.165, 1.54) is 12.7 Å². The molecule has 0 atom stereocenters. The Morgan fingerprint density at radius 2 is 2.20 bits per heavy atom. The zero-order valence-electron chi connectivity index (χ0n) is 11.2. The zero-order chi connectivity index (χ0) is 14.1. The Hall–Kier alpha value is -2.56. The minimum atomic E-state index is -0.427. The number of rotatable bonds is 2. The molecule has 1 aromatic carbocycles. The smallest absolute Gasteiger partial charge is 0.356 e. The third-order valence-corrected chi connectivity index (χ3v) is 3.45. The van der Waals surface area contributed by atoms with Crippen LogP contribution in [-0.4, -0.2) is 24.6 Å². The van der Waals surface area contributed by atoms with Crippen LogP contribution in [0.3, 0.4) is 0 Å². The number of methoxy groups -OCH3 is 1. The highest BCUT2D eigenvalue weighted by Crippen LogP contribution is 2.35. The zero-order valence-corrected chi connectivity index (χ0v) is 11.2. The first-order valence-corrected chi connectivity index (χ1v) is 6.39. The second kappa shape index (κ2) is 4.85. The molecule has 1 aliphatic rings. The lowest BCUT2D eigenvalue weighted by atomic mass is 10.1. The van der Waals surface area contributed by atoms with E-state index in [4.69, 9.17) is 10.5 Å². The maximum atomic E-state index is 11.6. The standard InChI is InChI=1S/C15H15N3O2/c1-20-15(19)13-9-12(4-6-17-13)18-7-5-10-8-11(16)2-3-14(10)18/h2-4,6,8-9H,5,7,16H2,1H3. The van der Waals surface area contributed by atoms with Crippen molar-refractivity contribution in [3.63, 3.8) is 0 Å². The highest BCUT2D eigenvalue weighted by Gasteiger charge is 2.21. The molecule has 5 heteroatoms. The van der Waals surface area contributed by atoms with Gasteiger partial charge in [0.2, 0.25) is 0 Å². The Balaban J connectivity index is 1.98. The molecule has 0 fully saturated rings. The molecule has 0 saturated carbocycles. The first-order chi connectivity index (χ1) is 9.69. The summed E-state index contributed by atoms with van der Waals surface area (Å²) in [5.41, 5.74) is 10.2. The summed E-state index contributed by atoms with van der Waals surface area (Å²) in [7, 11) is 1.35. The molecule has 102 valence electrons. The quantitative estimate of drug-likeness (QED) is 0.668. The number of pyridine rings is 1. The van der Waals surface area contributed by atoms with Crippen LogP contribution in [0, 0.1) is 0 Å². The summed E-state index contributed by atoms with van der Waals surface area (Å²) >= 11 is 0. The molecule has 0 spiro atoms. The lowest BCUT2D eigenvalue weighted by Crippen LogP contribution is -2.14. The van der Waals surface area contributed by atoms with Crippen molar-refractivity contribution >= 4 is 23.0 Å². The van der Waals surface area contributed by atoms with Crippen LogP contribution in [0.15, 0.2) is 36.5 Å². The van der Waals surface area contributed by atoms with E-state index in [0.29, 0.717) is 5.69 Å². The van der Waals surface area contributed by atoms with Gasteiger partial charge in [0.05, 0.1) is 7.11 Å². The lowest BCUT2D eigenvalue weighted by Gasteiger charge is -2.19. The molecule has 1 aliphatic heterocycles. The number of anilines is 3. The Morgan fingerprint density at radius 3 is 3.00 bits per heavy atom. The van der Waals surface area contributed by atoms with E-state index in [9.17, 15) is 4.79 Å². The highest BCUT2D eigenvalue weighted by molar-refractivity contribution is 5.88. The van der Waals surface area contributed by atoms with E-state index < -0.39 is 5.97 Å². The van der Waals surface area contributed by atoms with Crippen LogP contribution >= 0.6 is 0 Å². The fourth-order valence-corrected chi connectivity index (χ4v) is 2.49. The Bertz CT molecular complexity index is 670. The number of nitrogens with two attached hydrogens (primary N) is 1. The number of ether oxygens (including phenoxy) is 1. The van der Waals surface area contributed by atoms with Crippen molar-refractivity contribution in [2.24, 2.45) is 0 Å². The van der Waals surface area contributed by atoms with Gasteiger partial charge in [0, 0.05) is 29.8 Å². The fraction of sp³-hybridized carbons (Fsp3) is 0.200. The third-order valence-electron chi connectivity index (χ3n) is 3.45. The van der Waals surface area contributed by atoms with E-state index in [0.717, 1.165) is 30.0 Å². The van der Waals surface area contributed by atoms with E-state index >= 15 is 0 Å². The summed E-state index contributed by atoms with van der Waals surface area (Å²) in [5, 5.41) is 0. The number of hydrogen-bond acceptors (Lipinski definition) is 5. The number of esters is 1. The van der Waals surface area contributed by atoms with Crippen molar-refractivity contribution < 1.29 is 9.53 Å². The molecular weight excluding hydrogens is 254 g/mol. The van der Waals surface area contributed by atoms with Crippen LogP contribution in [0.2, 0.25) is 0 Å². The van der Waals surface area contributed by atoms with Gasteiger partial charge in [-0.25, -0.2) is 9.78 Å². The Labute approximate surface area is 117 Å². The molecule has 2 heterocycles. The predicted molar refractivity (Wildman–Crippen MR) is 77.1 cm³/mol. The van der Waals surface area contributed by atoms with Crippen molar-refractivity contribution in [3.05, 3.63) is 47.8 Å². The number of hydrogen-bond donors (Lipinski definition) is 1. The van der Waals surface area contributed by atoms with Gasteiger partial charge >= 0.3 is 5.97 Å². The summed E-state index contributed by atoms with van der Waals surface area (Å²) < 4.78 is 4.70. The minimum absolute atomic E-state index is 0.314. The van der Waals surface area contributed by atoms with Crippen molar-refractivity contribution in [1.82, 2.24) is 4.98 Å². The second-order valence-electron chi connectivity index (χ2n) is 4.68. The fourth-order valence-electron chi connectivity index (χ4n) is 2.49. The number of nitrogen functional groups attached to an aromatic ring is 1. The maximum Gasteiger partial charge on any atom is 0.356 e. The Kier molecular flexibility index (Phi) is 3.02. The predicted octanol–water partition coefficient (Wildman–Crippen LogP) is 2.14. The molecule has 0 amide bonds. The minimum Gasteiger partial charge on any atom is -0.464 e. The van der Waals surface area contributed by atoms with E-state index in [2.05, 4.69) is 9.88 Å². The van der Waals surface area contributed by atoms with Crippen LogP contribution in [0.4, 0.5) is 17.1 Å². The molecule has 2 N–H and O–H groups in total. The number of carbonyl (C=O) groups is 1. The molecule has 0 bridgehead atoms. The summed E-state index contributed by atoms with van der Waals surface area (Å²) in [4.78, 5) is 17.7. The monoisotopic (exact) mass is 269 g/mol. The van der Waals surface area contributed by atoms with Gasteiger partial charge < -0.3 is 15.4 Å². The summed E-state index contributed by atoms with van der Waals surface area (Å²) in [6, 6.07) is 9.53. The number of fused-ring (bicyclic) bond motifs is 1. The SMILES string of the molecule is COC(=O)c1cc(N2CCc3cc(N)ccc32)ccn1. The third kappa shape index (κ3) is 2.07. The summed E-state index contributed by atoms with van der Waals surface area (Å²) in [6.07, 6.45) is 2.56. The molecule has 0 aliphatic carbocycles. The topological polar surface area (TPSA) is 68.5 Å². The maximum absolute atomic E-state index is 11.6. The first kappa shape index (κ1) is 12.5. The van der Waals surface area contributed by atoms with Crippen LogP contribution in [0.1, 0.15) is 16.1 Å². The van der Waals surface area contributed by atoms with Gasteiger partial charge in [-0.05, 0) is 42.3 Å². The number of benzene rings is 1. The average molecular weight is 269 g/mol. The molecule has 20 heavy (non-hydrogen) atoms. The van der Waals surface area contributed by atoms with Gasteiger partial charge in [-0.3, -0.25) is 0 Å². The first-order valence-electron chi connectivity index (χ1n) is 6.39. The van der Waals surface area contributed by atoms with Gasteiger partial charge in [-0.2, -0.15) is 0 Å². The summed E-state index contributed by atoms with van der Waals surface area (Å²) in [6.45, 7) is 0.864. The number of aromatic nitrogens is 1.